The highest BCUT2D eigenvalue weighted by molar-refractivity contribution is 5.96. The highest BCUT2D eigenvalue weighted by Gasteiger charge is 2.20. The van der Waals surface area contributed by atoms with Crippen molar-refractivity contribution in [2.75, 3.05) is 38.1 Å². The topological polar surface area (TPSA) is 103 Å². The molecule has 160 valence electrons. The molecule has 0 spiro atoms. The highest BCUT2D eigenvalue weighted by atomic mass is 19.1. The molecule has 10 heteroatoms. The number of aromatic nitrogens is 7. The van der Waals surface area contributed by atoms with Gasteiger partial charge in [-0.3, -0.25) is 20.1 Å². The number of halogens is 1. The molecule has 0 amide bonds. The van der Waals surface area contributed by atoms with Crippen molar-refractivity contribution in [1.82, 2.24) is 40.0 Å². The van der Waals surface area contributed by atoms with Crippen molar-refractivity contribution in [3.8, 4) is 22.8 Å². The summed E-state index contributed by atoms with van der Waals surface area (Å²) in [6.45, 7) is 3.87. The van der Waals surface area contributed by atoms with E-state index in [1.807, 2.05) is 12.3 Å². The number of likely N-dealkylation sites (N-methyl/N-ethyl adjacent to an activating group) is 1. The highest BCUT2D eigenvalue weighted by Crippen LogP contribution is 2.31. The molecule has 2 N–H and O–H groups in total. The zero-order chi connectivity index (χ0) is 21.7. The van der Waals surface area contributed by atoms with Gasteiger partial charge in [-0.2, -0.15) is 5.10 Å². The van der Waals surface area contributed by atoms with Gasteiger partial charge in [0.1, 0.15) is 17.0 Å². The van der Waals surface area contributed by atoms with E-state index in [2.05, 4.69) is 47.0 Å². The van der Waals surface area contributed by atoms with Crippen LogP contribution in [0.3, 0.4) is 0 Å². The quantitative estimate of drug-likeness (QED) is 0.455. The first-order valence-corrected chi connectivity index (χ1v) is 10.4. The van der Waals surface area contributed by atoms with E-state index in [1.54, 1.807) is 18.6 Å². The monoisotopic (exact) mass is 429 g/mol. The standard InChI is InChI=1S/C22H20FN9/c1-31-2-4-32(5-3-31)19-12-25-10-18-21(19)28-22(27-18)20-15-7-16(26-11-17(15)29-30-20)13-6-14(23)9-24-8-13/h6-12H,2-5H2,1H3,(H,27,28)(H,29,30). The number of H-pyrrole nitrogens is 2. The summed E-state index contributed by atoms with van der Waals surface area (Å²) < 4.78 is 13.6. The van der Waals surface area contributed by atoms with E-state index in [4.69, 9.17) is 4.98 Å². The number of piperazine rings is 1. The van der Waals surface area contributed by atoms with Crippen molar-refractivity contribution in [3.63, 3.8) is 0 Å². The largest absolute Gasteiger partial charge is 0.366 e. The fraction of sp³-hybridized carbons (Fsp3) is 0.227. The predicted octanol–water partition coefficient (Wildman–Crippen LogP) is 2.85. The van der Waals surface area contributed by atoms with Crippen LogP contribution >= 0.6 is 0 Å². The predicted molar refractivity (Wildman–Crippen MR) is 120 cm³/mol. The number of fused-ring (bicyclic) bond motifs is 2. The minimum atomic E-state index is -0.405. The second-order valence-corrected chi connectivity index (χ2v) is 8.01. The number of nitrogens with one attached hydrogen (secondary N) is 2. The molecular formula is C22H20FN9. The van der Waals surface area contributed by atoms with Gasteiger partial charge >= 0.3 is 0 Å². The second kappa shape index (κ2) is 7.34. The van der Waals surface area contributed by atoms with Gasteiger partial charge in [-0.05, 0) is 19.2 Å². The SMILES string of the molecule is CN1CCN(c2cncc3[nH]c(-c4n[nH]c5cnc(-c6cncc(F)c6)cc45)nc23)CC1. The molecule has 9 nitrogen and oxygen atoms in total. The summed E-state index contributed by atoms with van der Waals surface area (Å²) in [5, 5.41) is 8.33. The summed E-state index contributed by atoms with van der Waals surface area (Å²) in [4.78, 5) is 25.7. The van der Waals surface area contributed by atoms with Crippen LogP contribution in [0.15, 0.2) is 43.1 Å². The maximum atomic E-state index is 13.6. The Morgan fingerprint density at radius 2 is 1.78 bits per heavy atom. The second-order valence-electron chi connectivity index (χ2n) is 8.01. The minimum Gasteiger partial charge on any atom is -0.366 e. The minimum absolute atomic E-state index is 0.405. The van der Waals surface area contributed by atoms with Crippen molar-refractivity contribution >= 4 is 27.6 Å². The van der Waals surface area contributed by atoms with Gasteiger partial charge in [-0.25, -0.2) is 9.37 Å². The van der Waals surface area contributed by atoms with Crippen LogP contribution in [-0.2, 0) is 0 Å². The maximum absolute atomic E-state index is 13.6. The van der Waals surface area contributed by atoms with Crippen LogP contribution in [0.2, 0.25) is 0 Å². The van der Waals surface area contributed by atoms with E-state index in [0.717, 1.165) is 53.8 Å². The van der Waals surface area contributed by atoms with Crippen LogP contribution in [0.5, 0.6) is 0 Å². The lowest BCUT2D eigenvalue weighted by atomic mass is 10.1. The number of nitrogens with zero attached hydrogens (tertiary/aromatic N) is 7. The molecule has 5 aromatic heterocycles. The number of anilines is 1. The molecule has 1 saturated heterocycles. The summed E-state index contributed by atoms with van der Waals surface area (Å²) in [7, 11) is 2.13. The molecule has 0 bridgehead atoms. The van der Waals surface area contributed by atoms with Gasteiger partial charge < -0.3 is 14.8 Å². The van der Waals surface area contributed by atoms with Crippen LogP contribution in [0.1, 0.15) is 0 Å². The number of aromatic amines is 2. The molecule has 1 aliphatic rings. The van der Waals surface area contributed by atoms with E-state index >= 15 is 0 Å². The molecule has 32 heavy (non-hydrogen) atoms. The lowest BCUT2D eigenvalue weighted by molar-refractivity contribution is 0.313. The Morgan fingerprint density at radius 1 is 0.938 bits per heavy atom. The average Bonchev–Trinajstić information content (AvgIpc) is 3.43. The number of hydrogen-bond donors (Lipinski definition) is 2. The summed E-state index contributed by atoms with van der Waals surface area (Å²) in [6.07, 6.45) is 8.11. The summed E-state index contributed by atoms with van der Waals surface area (Å²) >= 11 is 0. The molecule has 6 rings (SSSR count). The fourth-order valence-corrected chi connectivity index (χ4v) is 4.12. The maximum Gasteiger partial charge on any atom is 0.159 e. The van der Waals surface area contributed by atoms with Crippen LogP contribution < -0.4 is 4.90 Å². The summed E-state index contributed by atoms with van der Waals surface area (Å²) in [5.41, 5.74) is 5.41. The number of rotatable bonds is 3. The summed E-state index contributed by atoms with van der Waals surface area (Å²) in [6, 6.07) is 3.29. The molecule has 0 atom stereocenters. The normalized spacial score (nSPS) is 15.1. The number of pyridine rings is 3. The molecule has 0 aromatic carbocycles. The van der Waals surface area contributed by atoms with Crippen molar-refractivity contribution < 1.29 is 4.39 Å². The molecule has 0 radical (unpaired) electrons. The van der Waals surface area contributed by atoms with E-state index in [9.17, 15) is 4.39 Å². The zero-order valence-corrected chi connectivity index (χ0v) is 17.4. The average molecular weight is 429 g/mol. The zero-order valence-electron chi connectivity index (χ0n) is 17.4. The Hall–Kier alpha value is -3.92. The van der Waals surface area contributed by atoms with Gasteiger partial charge in [-0.1, -0.05) is 0 Å². The van der Waals surface area contributed by atoms with Gasteiger partial charge in [0.05, 0.1) is 47.2 Å². The molecule has 0 aliphatic carbocycles. The first-order valence-electron chi connectivity index (χ1n) is 10.4. The van der Waals surface area contributed by atoms with Crippen LogP contribution in [0, 0.1) is 5.82 Å². The van der Waals surface area contributed by atoms with Crippen LogP contribution in [-0.4, -0.2) is 73.2 Å². The molecule has 1 fully saturated rings. The van der Waals surface area contributed by atoms with Crippen molar-refractivity contribution in [2.45, 2.75) is 0 Å². The van der Waals surface area contributed by atoms with E-state index in [1.165, 1.54) is 12.3 Å². The lowest BCUT2D eigenvalue weighted by Gasteiger charge is -2.33. The third-order valence-corrected chi connectivity index (χ3v) is 5.89. The molecule has 1 aliphatic heterocycles. The Kier molecular flexibility index (Phi) is 4.32. The molecule has 5 aromatic rings. The third-order valence-electron chi connectivity index (χ3n) is 5.89. The molecule has 0 saturated carbocycles. The smallest absolute Gasteiger partial charge is 0.159 e. The first kappa shape index (κ1) is 18.8. The number of hydrogen-bond acceptors (Lipinski definition) is 7. The van der Waals surface area contributed by atoms with Crippen molar-refractivity contribution in [3.05, 3.63) is 48.9 Å². The molecule has 6 heterocycles. The van der Waals surface area contributed by atoms with E-state index in [-0.39, 0.29) is 0 Å². The van der Waals surface area contributed by atoms with E-state index < -0.39 is 5.82 Å². The molecule has 0 unspecified atom stereocenters. The van der Waals surface area contributed by atoms with Gasteiger partial charge in [-0.15, -0.1) is 0 Å². The third kappa shape index (κ3) is 3.16. The van der Waals surface area contributed by atoms with Crippen LogP contribution in [0.4, 0.5) is 10.1 Å². The van der Waals surface area contributed by atoms with Crippen LogP contribution in [0.25, 0.3) is 44.7 Å². The van der Waals surface area contributed by atoms with Gasteiger partial charge in [0, 0.05) is 43.3 Å². The van der Waals surface area contributed by atoms with Gasteiger partial charge in [0.15, 0.2) is 5.82 Å². The lowest BCUT2D eigenvalue weighted by Crippen LogP contribution is -2.44. The first-order chi connectivity index (χ1) is 15.7. The van der Waals surface area contributed by atoms with Gasteiger partial charge in [0.2, 0.25) is 0 Å². The van der Waals surface area contributed by atoms with E-state index in [0.29, 0.717) is 22.8 Å². The molecular weight excluding hydrogens is 409 g/mol. The summed E-state index contributed by atoms with van der Waals surface area (Å²) in [5.74, 6) is 0.238. The fourth-order valence-electron chi connectivity index (χ4n) is 4.12. The Morgan fingerprint density at radius 3 is 2.62 bits per heavy atom. The van der Waals surface area contributed by atoms with Crippen molar-refractivity contribution in [2.24, 2.45) is 0 Å². The van der Waals surface area contributed by atoms with Gasteiger partial charge in [0.25, 0.3) is 0 Å². The van der Waals surface area contributed by atoms with Crippen molar-refractivity contribution in [1.29, 1.82) is 0 Å². The Balaban J connectivity index is 1.44. The Bertz CT molecular complexity index is 1430. The Labute approximate surface area is 182 Å². The number of imidazole rings is 1.